The van der Waals surface area contributed by atoms with Crippen LogP contribution in [0.2, 0.25) is 0 Å². The summed E-state index contributed by atoms with van der Waals surface area (Å²) >= 11 is 0. The Kier molecular flexibility index (Phi) is 4.00. The van der Waals surface area contributed by atoms with E-state index in [1.807, 2.05) is 0 Å². The molecule has 2 N–H and O–H groups in total. The fourth-order valence-electron chi connectivity index (χ4n) is 2.91. The number of piperazine rings is 1. The second-order valence-corrected chi connectivity index (χ2v) is 5.27. The van der Waals surface area contributed by atoms with Gasteiger partial charge in [0.25, 0.3) is 0 Å². The monoisotopic (exact) mass is 211 g/mol. The minimum Gasteiger partial charge on any atom is -0.316 e. The first kappa shape index (κ1) is 11.4. The fourth-order valence-corrected chi connectivity index (χ4v) is 2.91. The van der Waals surface area contributed by atoms with Gasteiger partial charge in [-0.05, 0) is 45.7 Å². The van der Waals surface area contributed by atoms with E-state index in [4.69, 9.17) is 0 Å². The topological polar surface area (TPSA) is 27.3 Å². The van der Waals surface area contributed by atoms with Crippen LogP contribution in [0.4, 0.5) is 0 Å². The Labute approximate surface area is 93.6 Å². The van der Waals surface area contributed by atoms with E-state index in [1.54, 1.807) is 0 Å². The van der Waals surface area contributed by atoms with E-state index >= 15 is 0 Å². The van der Waals surface area contributed by atoms with Gasteiger partial charge in [-0.1, -0.05) is 0 Å². The van der Waals surface area contributed by atoms with E-state index in [-0.39, 0.29) is 0 Å². The molecule has 0 aliphatic carbocycles. The first-order chi connectivity index (χ1) is 7.27. The predicted octanol–water partition coefficient (Wildman–Crippen LogP) is 0.668. The average Bonchev–Trinajstić information content (AvgIpc) is 2.25. The standard InChI is InChI=1S/C12H25N3/c1-10-6-14-7-11(2)15(10)9-12-4-3-5-13-8-12/h10-14H,3-9H2,1-2H3/t10-,11+,12?. The third kappa shape index (κ3) is 2.92. The Morgan fingerprint density at radius 1 is 1.07 bits per heavy atom. The van der Waals surface area contributed by atoms with Crippen LogP contribution in [0.3, 0.4) is 0 Å². The molecule has 2 aliphatic heterocycles. The van der Waals surface area contributed by atoms with Crippen LogP contribution in [-0.2, 0) is 0 Å². The summed E-state index contributed by atoms with van der Waals surface area (Å²) in [6.07, 6.45) is 2.77. The summed E-state index contributed by atoms with van der Waals surface area (Å²) in [6, 6.07) is 1.41. The van der Waals surface area contributed by atoms with E-state index in [0.717, 1.165) is 19.0 Å². The molecule has 2 heterocycles. The van der Waals surface area contributed by atoms with Crippen LogP contribution in [0.15, 0.2) is 0 Å². The van der Waals surface area contributed by atoms with E-state index in [1.165, 1.54) is 32.5 Å². The van der Waals surface area contributed by atoms with Gasteiger partial charge < -0.3 is 10.6 Å². The average molecular weight is 211 g/mol. The summed E-state index contributed by atoms with van der Waals surface area (Å²) < 4.78 is 0. The van der Waals surface area contributed by atoms with Crippen LogP contribution >= 0.6 is 0 Å². The van der Waals surface area contributed by atoms with Crippen molar-refractivity contribution in [1.29, 1.82) is 0 Å². The zero-order chi connectivity index (χ0) is 10.7. The second-order valence-electron chi connectivity index (χ2n) is 5.27. The largest absolute Gasteiger partial charge is 0.316 e. The van der Waals surface area contributed by atoms with Crippen molar-refractivity contribution in [2.75, 3.05) is 32.7 Å². The lowest BCUT2D eigenvalue weighted by molar-refractivity contribution is 0.0898. The molecular formula is C12H25N3. The van der Waals surface area contributed by atoms with Crippen LogP contribution in [0, 0.1) is 5.92 Å². The smallest absolute Gasteiger partial charge is 0.0195 e. The van der Waals surface area contributed by atoms with E-state index in [9.17, 15) is 0 Å². The highest BCUT2D eigenvalue weighted by molar-refractivity contribution is 4.85. The second kappa shape index (κ2) is 5.28. The van der Waals surface area contributed by atoms with Gasteiger partial charge in [-0.3, -0.25) is 4.90 Å². The number of hydrogen-bond acceptors (Lipinski definition) is 3. The van der Waals surface area contributed by atoms with Gasteiger partial charge in [0.15, 0.2) is 0 Å². The van der Waals surface area contributed by atoms with Gasteiger partial charge in [-0.15, -0.1) is 0 Å². The summed E-state index contributed by atoms with van der Waals surface area (Å²) in [6.45, 7) is 10.7. The van der Waals surface area contributed by atoms with E-state index < -0.39 is 0 Å². The molecule has 0 spiro atoms. The molecule has 0 aromatic heterocycles. The molecule has 0 saturated carbocycles. The van der Waals surface area contributed by atoms with Gasteiger partial charge >= 0.3 is 0 Å². The summed E-state index contributed by atoms with van der Waals surface area (Å²) in [5.74, 6) is 0.877. The third-order valence-corrected chi connectivity index (χ3v) is 3.88. The lowest BCUT2D eigenvalue weighted by Gasteiger charge is -2.42. The normalized spacial score (nSPS) is 39.2. The number of nitrogens with one attached hydrogen (secondary N) is 2. The summed E-state index contributed by atoms with van der Waals surface area (Å²) in [5.41, 5.74) is 0. The zero-order valence-corrected chi connectivity index (χ0v) is 10.1. The minimum atomic E-state index is 0.704. The molecule has 2 fully saturated rings. The van der Waals surface area contributed by atoms with Crippen molar-refractivity contribution in [3.05, 3.63) is 0 Å². The van der Waals surface area contributed by atoms with Crippen molar-refractivity contribution in [1.82, 2.24) is 15.5 Å². The quantitative estimate of drug-likeness (QED) is 0.703. The molecule has 1 unspecified atom stereocenters. The molecule has 0 bridgehead atoms. The molecule has 88 valence electrons. The van der Waals surface area contributed by atoms with Gasteiger partial charge in [0.1, 0.15) is 0 Å². The molecule has 0 radical (unpaired) electrons. The number of nitrogens with zero attached hydrogens (tertiary/aromatic N) is 1. The molecule has 2 saturated heterocycles. The molecule has 0 amide bonds. The van der Waals surface area contributed by atoms with E-state index in [0.29, 0.717) is 12.1 Å². The molecule has 2 rings (SSSR count). The molecule has 3 atom stereocenters. The Balaban J connectivity index is 1.84. The van der Waals surface area contributed by atoms with Gasteiger partial charge in [0.05, 0.1) is 0 Å². The molecule has 0 aromatic rings. The van der Waals surface area contributed by atoms with E-state index in [2.05, 4.69) is 29.4 Å². The van der Waals surface area contributed by atoms with Crippen molar-refractivity contribution in [2.24, 2.45) is 5.92 Å². The first-order valence-electron chi connectivity index (χ1n) is 6.44. The minimum absolute atomic E-state index is 0.704. The molecule has 2 aliphatic rings. The Morgan fingerprint density at radius 2 is 1.80 bits per heavy atom. The highest BCUT2D eigenvalue weighted by Gasteiger charge is 2.27. The fraction of sp³-hybridized carbons (Fsp3) is 1.00. The zero-order valence-electron chi connectivity index (χ0n) is 10.1. The maximum absolute atomic E-state index is 3.51. The van der Waals surface area contributed by atoms with Crippen LogP contribution in [0.25, 0.3) is 0 Å². The highest BCUT2D eigenvalue weighted by atomic mass is 15.2. The molecule has 3 nitrogen and oxygen atoms in total. The van der Waals surface area contributed by atoms with Gasteiger partial charge in [-0.2, -0.15) is 0 Å². The Bertz CT molecular complexity index is 179. The lowest BCUT2D eigenvalue weighted by Crippen LogP contribution is -2.57. The van der Waals surface area contributed by atoms with Crippen molar-refractivity contribution in [3.8, 4) is 0 Å². The summed E-state index contributed by atoms with van der Waals surface area (Å²) in [5, 5.41) is 7.01. The van der Waals surface area contributed by atoms with Crippen LogP contribution < -0.4 is 10.6 Å². The maximum atomic E-state index is 3.51. The predicted molar refractivity (Wildman–Crippen MR) is 64.1 cm³/mol. The van der Waals surface area contributed by atoms with Crippen molar-refractivity contribution < 1.29 is 0 Å². The Morgan fingerprint density at radius 3 is 2.40 bits per heavy atom. The number of piperidine rings is 1. The SMILES string of the molecule is C[C@@H]1CNC[C@H](C)N1CC1CCCNC1. The summed E-state index contributed by atoms with van der Waals surface area (Å²) in [4.78, 5) is 2.69. The van der Waals surface area contributed by atoms with Crippen molar-refractivity contribution in [3.63, 3.8) is 0 Å². The summed E-state index contributed by atoms with van der Waals surface area (Å²) in [7, 11) is 0. The lowest BCUT2D eigenvalue weighted by atomic mass is 9.97. The van der Waals surface area contributed by atoms with Gasteiger partial charge in [0.2, 0.25) is 0 Å². The molecule has 0 aromatic carbocycles. The number of hydrogen-bond donors (Lipinski definition) is 2. The van der Waals surface area contributed by atoms with Crippen LogP contribution in [0.5, 0.6) is 0 Å². The molecular weight excluding hydrogens is 186 g/mol. The molecule has 3 heteroatoms. The Hall–Kier alpha value is -0.120. The molecule has 15 heavy (non-hydrogen) atoms. The van der Waals surface area contributed by atoms with Crippen LogP contribution in [-0.4, -0.2) is 49.7 Å². The number of rotatable bonds is 2. The van der Waals surface area contributed by atoms with Gasteiger partial charge in [0, 0.05) is 31.7 Å². The van der Waals surface area contributed by atoms with Crippen molar-refractivity contribution >= 4 is 0 Å². The first-order valence-corrected chi connectivity index (χ1v) is 6.44. The van der Waals surface area contributed by atoms with Crippen LogP contribution in [0.1, 0.15) is 26.7 Å². The maximum Gasteiger partial charge on any atom is 0.0195 e. The highest BCUT2D eigenvalue weighted by Crippen LogP contribution is 2.17. The van der Waals surface area contributed by atoms with Crippen molar-refractivity contribution in [2.45, 2.75) is 38.8 Å². The van der Waals surface area contributed by atoms with Gasteiger partial charge in [-0.25, -0.2) is 0 Å². The third-order valence-electron chi connectivity index (χ3n) is 3.88.